The summed E-state index contributed by atoms with van der Waals surface area (Å²) in [6.07, 6.45) is 0.405. The number of benzene rings is 2. The van der Waals surface area contributed by atoms with Crippen LogP contribution in [0.3, 0.4) is 0 Å². The number of anilines is 1. The molecule has 1 aromatic heterocycles. The highest BCUT2D eigenvalue weighted by molar-refractivity contribution is 7.91. The first-order valence-corrected chi connectivity index (χ1v) is 12.5. The summed E-state index contributed by atoms with van der Waals surface area (Å²) in [5, 5.41) is 10.3. The highest BCUT2D eigenvalue weighted by Gasteiger charge is 2.37. The molecule has 9 nitrogen and oxygen atoms in total. The number of aryl methyl sites for hydroxylation is 1. The SMILES string of the molecule is COc1ccc2c(c1)[C@H](NS(=O)(=O)c1nnc(NC(=O)c3cccc(C)c3)s1)CC(C)(C)O2. The van der Waals surface area contributed by atoms with Crippen LogP contribution in [0.25, 0.3) is 0 Å². The quantitative estimate of drug-likeness (QED) is 0.508. The van der Waals surface area contributed by atoms with Gasteiger partial charge in [-0.3, -0.25) is 10.1 Å². The van der Waals surface area contributed by atoms with Crippen molar-refractivity contribution < 1.29 is 22.7 Å². The van der Waals surface area contributed by atoms with E-state index in [1.807, 2.05) is 26.8 Å². The van der Waals surface area contributed by atoms with Gasteiger partial charge in [0.15, 0.2) is 0 Å². The molecule has 0 unspecified atom stereocenters. The highest BCUT2D eigenvalue weighted by atomic mass is 32.2. The Labute approximate surface area is 196 Å². The minimum absolute atomic E-state index is 0.0938. The Morgan fingerprint density at radius 1 is 1.21 bits per heavy atom. The van der Waals surface area contributed by atoms with Crippen molar-refractivity contribution in [2.45, 2.75) is 43.2 Å². The number of carbonyl (C=O) groups excluding carboxylic acids is 1. The maximum absolute atomic E-state index is 13.1. The monoisotopic (exact) mass is 488 g/mol. The lowest BCUT2D eigenvalue weighted by atomic mass is 9.90. The van der Waals surface area contributed by atoms with E-state index in [-0.39, 0.29) is 15.4 Å². The van der Waals surface area contributed by atoms with Gasteiger partial charge in [0.25, 0.3) is 15.9 Å². The van der Waals surface area contributed by atoms with Crippen LogP contribution in [0.2, 0.25) is 0 Å². The van der Waals surface area contributed by atoms with Gasteiger partial charge in [-0.2, -0.15) is 0 Å². The summed E-state index contributed by atoms with van der Waals surface area (Å²) in [6.45, 7) is 5.67. The van der Waals surface area contributed by atoms with Crippen molar-refractivity contribution in [2.24, 2.45) is 0 Å². The van der Waals surface area contributed by atoms with Crippen LogP contribution in [-0.2, 0) is 10.0 Å². The molecule has 33 heavy (non-hydrogen) atoms. The molecule has 4 rings (SSSR count). The molecule has 2 aromatic carbocycles. The maximum atomic E-state index is 13.1. The van der Waals surface area contributed by atoms with Crippen LogP contribution in [-0.4, -0.2) is 37.2 Å². The summed E-state index contributed by atoms with van der Waals surface area (Å²) in [5.74, 6) is 0.792. The number of carbonyl (C=O) groups is 1. The molecule has 0 aliphatic carbocycles. The van der Waals surface area contributed by atoms with E-state index < -0.39 is 21.7 Å². The summed E-state index contributed by atoms with van der Waals surface area (Å²) in [6, 6.07) is 11.8. The minimum atomic E-state index is -4.01. The van der Waals surface area contributed by atoms with Crippen molar-refractivity contribution in [3.05, 3.63) is 59.2 Å². The van der Waals surface area contributed by atoms with E-state index in [1.54, 1.807) is 43.5 Å². The number of nitrogens with one attached hydrogen (secondary N) is 2. The van der Waals surface area contributed by atoms with Gasteiger partial charge in [0, 0.05) is 17.5 Å². The average Bonchev–Trinajstić information content (AvgIpc) is 3.22. The Kier molecular flexibility index (Phi) is 6.12. The third kappa shape index (κ3) is 5.15. The standard InChI is InChI=1S/C22H24N4O5S2/c1-13-6-5-7-14(10-13)19(27)23-20-24-25-21(32-20)33(28,29)26-17-12-22(2,3)31-18-9-8-15(30-4)11-16(17)18/h5-11,17,26H,12H2,1-4H3,(H,23,24,27)/t17-/m1/s1. The zero-order chi connectivity index (χ0) is 23.8. The van der Waals surface area contributed by atoms with Crippen LogP contribution in [0.5, 0.6) is 11.5 Å². The van der Waals surface area contributed by atoms with Crippen LogP contribution in [0.4, 0.5) is 5.13 Å². The number of methoxy groups -OCH3 is 1. The first-order valence-electron chi connectivity index (χ1n) is 10.2. The lowest BCUT2D eigenvalue weighted by Gasteiger charge is -2.37. The summed E-state index contributed by atoms with van der Waals surface area (Å²) >= 11 is 0.784. The van der Waals surface area contributed by atoms with E-state index in [2.05, 4.69) is 20.2 Å². The van der Waals surface area contributed by atoms with E-state index in [1.165, 1.54) is 0 Å². The Morgan fingerprint density at radius 3 is 2.73 bits per heavy atom. The molecule has 3 aromatic rings. The summed E-state index contributed by atoms with van der Waals surface area (Å²) in [4.78, 5) is 12.4. The molecule has 2 heterocycles. The Balaban J connectivity index is 1.55. The van der Waals surface area contributed by atoms with E-state index in [0.29, 0.717) is 29.0 Å². The summed E-state index contributed by atoms with van der Waals surface area (Å²) < 4.78 is 40.0. The first-order chi connectivity index (χ1) is 15.6. The molecule has 1 aliphatic rings. The number of fused-ring (bicyclic) bond motifs is 1. The topological polar surface area (TPSA) is 120 Å². The second kappa shape index (κ2) is 8.73. The lowest BCUT2D eigenvalue weighted by molar-refractivity contribution is 0.0700. The molecule has 2 N–H and O–H groups in total. The van der Waals surface area contributed by atoms with Gasteiger partial charge in [-0.25, -0.2) is 13.1 Å². The summed E-state index contributed by atoms with van der Waals surface area (Å²) in [7, 11) is -2.47. The van der Waals surface area contributed by atoms with Crippen molar-refractivity contribution in [3.8, 4) is 11.5 Å². The van der Waals surface area contributed by atoms with Gasteiger partial charge in [-0.15, -0.1) is 10.2 Å². The van der Waals surface area contributed by atoms with Crippen LogP contribution in [0.1, 0.15) is 47.8 Å². The Morgan fingerprint density at radius 2 is 2.00 bits per heavy atom. The molecular formula is C22H24N4O5S2. The van der Waals surface area contributed by atoms with E-state index in [4.69, 9.17) is 9.47 Å². The van der Waals surface area contributed by atoms with Gasteiger partial charge >= 0.3 is 0 Å². The zero-order valence-electron chi connectivity index (χ0n) is 18.6. The fourth-order valence-corrected chi connectivity index (χ4v) is 5.75. The third-order valence-corrected chi connectivity index (χ3v) is 7.79. The van der Waals surface area contributed by atoms with Crippen LogP contribution in [0, 0.1) is 6.92 Å². The number of ether oxygens (including phenoxy) is 2. The molecular weight excluding hydrogens is 464 g/mol. The molecule has 0 spiro atoms. The number of aromatic nitrogens is 2. The lowest BCUT2D eigenvalue weighted by Crippen LogP contribution is -2.41. The first kappa shape index (κ1) is 23.1. The Bertz CT molecular complexity index is 1300. The normalized spacial score (nSPS) is 17.0. The molecule has 0 fully saturated rings. The van der Waals surface area contributed by atoms with Gasteiger partial charge < -0.3 is 9.47 Å². The Hall–Kier alpha value is -3.02. The second-order valence-corrected chi connectivity index (χ2v) is 11.2. The van der Waals surface area contributed by atoms with E-state index in [0.717, 1.165) is 16.9 Å². The molecule has 0 radical (unpaired) electrons. The largest absolute Gasteiger partial charge is 0.497 e. The smallest absolute Gasteiger partial charge is 0.270 e. The minimum Gasteiger partial charge on any atom is -0.497 e. The fourth-order valence-electron chi connectivity index (χ4n) is 3.63. The molecule has 1 amide bonds. The number of hydrogen-bond donors (Lipinski definition) is 2. The molecule has 1 aliphatic heterocycles. The van der Waals surface area contributed by atoms with Gasteiger partial charge in [-0.05, 0) is 51.1 Å². The van der Waals surface area contributed by atoms with Crippen LogP contribution < -0.4 is 19.5 Å². The summed E-state index contributed by atoms with van der Waals surface area (Å²) in [5.41, 5.74) is 1.48. The highest BCUT2D eigenvalue weighted by Crippen LogP contribution is 2.41. The third-order valence-electron chi connectivity index (χ3n) is 5.11. The predicted molar refractivity (Wildman–Crippen MR) is 124 cm³/mol. The zero-order valence-corrected chi connectivity index (χ0v) is 20.2. The maximum Gasteiger partial charge on any atom is 0.270 e. The van der Waals surface area contributed by atoms with Crippen LogP contribution >= 0.6 is 11.3 Å². The van der Waals surface area contributed by atoms with Crippen molar-refractivity contribution in [1.29, 1.82) is 0 Å². The van der Waals surface area contributed by atoms with E-state index >= 15 is 0 Å². The fraction of sp³-hybridized carbons (Fsp3) is 0.318. The van der Waals surface area contributed by atoms with Gasteiger partial charge in [-0.1, -0.05) is 29.0 Å². The predicted octanol–water partition coefficient (Wildman–Crippen LogP) is 3.69. The number of amides is 1. The number of sulfonamides is 1. The van der Waals surface area contributed by atoms with Gasteiger partial charge in [0.1, 0.15) is 17.1 Å². The van der Waals surface area contributed by atoms with Gasteiger partial charge in [0.05, 0.1) is 13.2 Å². The van der Waals surface area contributed by atoms with Crippen molar-refractivity contribution in [3.63, 3.8) is 0 Å². The van der Waals surface area contributed by atoms with Crippen molar-refractivity contribution in [1.82, 2.24) is 14.9 Å². The number of rotatable bonds is 6. The molecule has 0 saturated carbocycles. The van der Waals surface area contributed by atoms with Crippen LogP contribution in [0.15, 0.2) is 46.8 Å². The molecule has 0 saturated heterocycles. The molecule has 11 heteroatoms. The number of hydrogen-bond acceptors (Lipinski definition) is 8. The molecule has 174 valence electrons. The molecule has 1 atom stereocenters. The average molecular weight is 489 g/mol. The van der Waals surface area contributed by atoms with E-state index in [9.17, 15) is 13.2 Å². The van der Waals surface area contributed by atoms with Crippen molar-refractivity contribution in [2.75, 3.05) is 12.4 Å². The number of nitrogens with zero attached hydrogens (tertiary/aromatic N) is 2. The molecule has 0 bridgehead atoms. The van der Waals surface area contributed by atoms with Crippen molar-refractivity contribution >= 4 is 32.4 Å². The second-order valence-electron chi connectivity index (χ2n) is 8.34. The van der Waals surface area contributed by atoms with Gasteiger partial charge in [0.2, 0.25) is 9.47 Å².